The summed E-state index contributed by atoms with van der Waals surface area (Å²) < 4.78 is 20.0. The van der Waals surface area contributed by atoms with E-state index in [-0.39, 0.29) is 12.2 Å². The first-order valence-corrected chi connectivity index (χ1v) is 18.2. The molecule has 0 N–H and O–H groups in total. The minimum Gasteiger partial charge on any atom is -0.498 e. The third kappa shape index (κ3) is 6.98. The molecular weight excluding hydrogens is 440 g/mol. The summed E-state index contributed by atoms with van der Waals surface area (Å²) in [6, 6.07) is 0. The van der Waals surface area contributed by atoms with E-state index in [1.807, 2.05) is 6.26 Å². The maximum atomic E-state index is 7.11. The summed E-state index contributed by atoms with van der Waals surface area (Å²) >= 11 is 0. The van der Waals surface area contributed by atoms with Crippen molar-refractivity contribution in [1.29, 1.82) is 0 Å². The van der Waals surface area contributed by atoms with Crippen LogP contribution in [0.15, 0.2) is 12.3 Å². The van der Waals surface area contributed by atoms with Crippen LogP contribution in [0.3, 0.4) is 0 Å². The molecule has 196 valence electrons. The van der Waals surface area contributed by atoms with Crippen molar-refractivity contribution in [2.75, 3.05) is 6.61 Å². The number of ether oxygens (including phenoxy) is 1. The molecule has 0 saturated carbocycles. The standard InChI is InChI=1S/C28H58O3Si2/c1-20(2)32(21(3)4,22(5)6)30-18-15-14-16-27-26(13)28(17-19-29-27)31-33(23(7)8,24(9)10)25(11)12/h17,19-28H,14-16,18H2,1-13H3/t26-,27+,28-/m0/s1. The third-order valence-electron chi connectivity index (χ3n) is 8.62. The molecule has 0 aliphatic carbocycles. The van der Waals surface area contributed by atoms with Crippen LogP contribution in [0.4, 0.5) is 0 Å². The molecule has 0 fully saturated rings. The van der Waals surface area contributed by atoms with Gasteiger partial charge < -0.3 is 13.6 Å². The molecule has 3 atom stereocenters. The summed E-state index contributed by atoms with van der Waals surface area (Å²) in [5.74, 6) is 0.384. The fraction of sp³-hybridized carbons (Fsp3) is 0.929. The molecule has 0 unspecified atom stereocenters. The van der Waals surface area contributed by atoms with Gasteiger partial charge in [-0.15, -0.1) is 0 Å². The van der Waals surface area contributed by atoms with Gasteiger partial charge in [0, 0.05) is 12.5 Å². The van der Waals surface area contributed by atoms with Gasteiger partial charge in [0.05, 0.1) is 12.4 Å². The van der Waals surface area contributed by atoms with E-state index in [1.165, 1.54) is 0 Å². The van der Waals surface area contributed by atoms with E-state index < -0.39 is 16.6 Å². The molecule has 0 radical (unpaired) electrons. The molecule has 3 nitrogen and oxygen atoms in total. The lowest BCUT2D eigenvalue weighted by molar-refractivity contribution is 0.00855. The van der Waals surface area contributed by atoms with Crippen LogP contribution in [0.2, 0.25) is 33.2 Å². The minimum atomic E-state index is -1.91. The average Bonchev–Trinajstić information content (AvgIpc) is 2.69. The minimum absolute atomic E-state index is 0.168. The smallest absolute Gasteiger partial charge is 0.201 e. The second kappa shape index (κ2) is 13.3. The number of hydrogen-bond acceptors (Lipinski definition) is 3. The molecule has 0 bridgehead atoms. The van der Waals surface area contributed by atoms with Gasteiger partial charge in [0.15, 0.2) is 8.32 Å². The van der Waals surface area contributed by atoms with Gasteiger partial charge in [-0.05, 0) is 58.6 Å². The molecule has 0 spiro atoms. The van der Waals surface area contributed by atoms with E-state index in [1.54, 1.807) is 0 Å². The van der Waals surface area contributed by atoms with Gasteiger partial charge in [-0.2, -0.15) is 0 Å². The molecule has 1 aliphatic rings. The van der Waals surface area contributed by atoms with Crippen LogP contribution in [-0.2, 0) is 13.6 Å². The van der Waals surface area contributed by atoms with Crippen molar-refractivity contribution in [2.24, 2.45) is 5.92 Å². The Balaban J connectivity index is 2.71. The van der Waals surface area contributed by atoms with Crippen molar-refractivity contribution >= 4 is 16.6 Å². The summed E-state index contributed by atoms with van der Waals surface area (Å²) in [7, 11) is -3.66. The molecule has 1 rings (SSSR count). The third-order valence-corrected chi connectivity index (χ3v) is 20.8. The fourth-order valence-corrected chi connectivity index (χ4v) is 18.1. The maximum Gasteiger partial charge on any atom is 0.201 e. The molecule has 1 aliphatic heterocycles. The Morgan fingerprint density at radius 3 is 1.58 bits per heavy atom. The Labute approximate surface area is 209 Å². The second-order valence-electron chi connectivity index (χ2n) is 12.4. The molecule has 0 amide bonds. The molecule has 1 heterocycles. The van der Waals surface area contributed by atoms with E-state index in [2.05, 4.69) is 96.1 Å². The van der Waals surface area contributed by atoms with E-state index in [0.717, 1.165) is 25.9 Å². The lowest BCUT2D eigenvalue weighted by atomic mass is 9.92. The van der Waals surface area contributed by atoms with Gasteiger partial charge >= 0.3 is 0 Å². The highest BCUT2D eigenvalue weighted by Gasteiger charge is 2.48. The van der Waals surface area contributed by atoms with Crippen molar-refractivity contribution in [1.82, 2.24) is 0 Å². The Kier molecular flexibility index (Phi) is 12.4. The highest BCUT2D eigenvalue weighted by molar-refractivity contribution is 6.78. The largest absolute Gasteiger partial charge is 0.498 e. The molecule has 33 heavy (non-hydrogen) atoms. The highest BCUT2D eigenvalue weighted by Crippen LogP contribution is 2.45. The fourth-order valence-electron chi connectivity index (χ4n) is 7.05. The molecule has 0 saturated heterocycles. The Bertz CT molecular complexity index is 540. The van der Waals surface area contributed by atoms with E-state index >= 15 is 0 Å². The molecule has 0 aromatic heterocycles. The normalized spacial score (nSPS) is 22.5. The maximum absolute atomic E-state index is 7.11. The van der Waals surface area contributed by atoms with Gasteiger partial charge in [0.25, 0.3) is 0 Å². The quantitative estimate of drug-likeness (QED) is 0.176. The average molecular weight is 499 g/mol. The summed E-state index contributed by atoms with van der Waals surface area (Å²) in [6.07, 6.45) is 7.84. The van der Waals surface area contributed by atoms with Gasteiger partial charge in [0.2, 0.25) is 8.32 Å². The van der Waals surface area contributed by atoms with Crippen molar-refractivity contribution in [3.63, 3.8) is 0 Å². The van der Waals surface area contributed by atoms with Gasteiger partial charge in [0.1, 0.15) is 6.10 Å². The zero-order chi connectivity index (χ0) is 25.6. The van der Waals surface area contributed by atoms with E-state index in [0.29, 0.717) is 39.2 Å². The van der Waals surface area contributed by atoms with E-state index in [4.69, 9.17) is 13.6 Å². The van der Waals surface area contributed by atoms with Gasteiger partial charge in [-0.1, -0.05) is 90.0 Å². The van der Waals surface area contributed by atoms with Crippen molar-refractivity contribution in [3.8, 4) is 0 Å². The number of hydrogen-bond donors (Lipinski definition) is 0. The van der Waals surface area contributed by atoms with Gasteiger partial charge in [-0.25, -0.2) is 0 Å². The monoisotopic (exact) mass is 498 g/mol. The Morgan fingerprint density at radius 1 is 0.697 bits per heavy atom. The zero-order valence-corrected chi connectivity index (χ0v) is 26.4. The van der Waals surface area contributed by atoms with Crippen LogP contribution >= 0.6 is 0 Å². The Morgan fingerprint density at radius 2 is 1.15 bits per heavy atom. The first kappa shape index (κ1) is 30.9. The molecule has 5 heteroatoms. The predicted octanol–water partition coefficient (Wildman–Crippen LogP) is 9.46. The number of unbranched alkanes of at least 4 members (excludes halogenated alkanes) is 1. The lowest BCUT2D eigenvalue weighted by Gasteiger charge is -2.46. The van der Waals surface area contributed by atoms with Crippen molar-refractivity contribution < 1.29 is 13.6 Å². The van der Waals surface area contributed by atoms with Crippen LogP contribution < -0.4 is 0 Å². The van der Waals surface area contributed by atoms with Crippen LogP contribution in [-0.4, -0.2) is 35.4 Å². The van der Waals surface area contributed by atoms with Crippen LogP contribution in [0.25, 0.3) is 0 Å². The SMILES string of the molecule is CC(C)[Si](OCCCC[C@H]1OC=C[C@H](O[Si](C(C)C)(C(C)C)C(C)C)[C@H]1C)(C(C)C)C(C)C. The van der Waals surface area contributed by atoms with Crippen molar-refractivity contribution in [3.05, 3.63) is 12.3 Å². The van der Waals surface area contributed by atoms with Crippen LogP contribution in [0, 0.1) is 5.92 Å². The zero-order valence-electron chi connectivity index (χ0n) is 24.4. The summed E-state index contributed by atoms with van der Waals surface area (Å²) in [6.45, 7) is 31.6. The first-order chi connectivity index (χ1) is 15.2. The molecular formula is C28H58O3Si2. The lowest BCUT2D eigenvalue weighted by Crippen LogP contribution is -2.52. The molecule has 0 aromatic rings. The predicted molar refractivity (Wildman–Crippen MR) is 150 cm³/mol. The summed E-state index contributed by atoms with van der Waals surface area (Å²) in [4.78, 5) is 0. The summed E-state index contributed by atoms with van der Waals surface area (Å²) in [5.41, 5.74) is 3.75. The number of rotatable bonds is 14. The van der Waals surface area contributed by atoms with E-state index in [9.17, 15) is 0 Å². The van der Waals surface area contributed by atoms with Gasteiger partial charge in [-0.3, -0.25) is 0 Å². The topological polar surface area (TPSA) is 27.7 Å². The summed E-state index contributed by atoms with van der Waals surface area (Å²) in [5, 5.41) is 0. The Hall–Kier alpha value is -0.106. The highest BCUT2D eigenvalue weighted by atomic mass is 28.4. The second-order valence-corrected chi connectivity index (χ2v) is 23.3. The van der Waals surface area contributed by atoms with Crippen LogP contribution in [0.5, 0.6) is 0 Å². The molecule has 0 aromatic carbocycles. The first-order valence-electron chi connectivity index (χ1n) is 13.9. The van der Waals surface area contributed by atoms with Crippen molar-refractivity contribution in [2.45, 2.75) is 155 Å². The van der Waals surface area contributed by atoms with Crippen LogP contribution in [0.1, 0.15) is 109 Å².